The molecule has 0 saturated carbocycles. The second-order valence-corrected chi connectivity index (χ2v) is 10.7. The molecule has 0 saturated heterocycles. The van der Waals surface area contributed by atoms with Gasteiger partial charge in [-0.15, -0.1) is 85.1 Å². The van der Waals surface area contributed by atoms with Crippen LogP contribution in [0.2, 0.25) is 0 Å². The molecule has 0 aliphatic heterocycles. The predicted molar refractivity (Wildman–Crippen MR) is 127 cm³/mol. The van der Waals surface area contributed by atoms with Crippen LogP contribution < -0.4 is 24.8 Å². The van der Waals surface area contributed by atoms with Crippen LogP contribution in [0.25, 0.3) is 32.2 Å². The van der Waals surface area contributed by atoms with Crippen molar-refractivity contribution < 1.29 is 50.7 Å². The Morgan fingerprint density at radius 3 is 1.19 bits per heavy atom. The topological polar surface area (TPSA) is 0 Å². The number of hydrogen-bond donors (Lipinski definition) is 0. The first-order chi connectivity index (χ1) is 13.9. The second-order valence-electron chi connectivity index (χ2n) is 6.87. The molecule has 0 radical (unpaired) electrons. The van der Waals surface area contributed by atoms with Crippen LogP contribution in [0.1, 0.15) is 0 Å². The van der Waals surface area contributed by atoms with Crippen LogP contribution in [-0.4, -0.2) is 0 Å². The van der Waals surface area contributed by atoms with Crippen LogP contribution in [-0.2, 0) is 25.8 Å². The molecule has 0 N–H and O–H groups in total. The van der Waals surface area contributed by atoms with Gasteiger partial charge in [-0.3, -0.25) is 0 Å². The first-order valence-electron chi connectivity index (χ1n) is 9.44. The standard InChI is InChI=1S/2C13H10P.2ClH.Hf/c2*1-2-6-12-10-13(9-11(12)5-1)14-7-3-4-8-14;;;/h2*1-10H;2*1H;/q2*-1;;;+4/p-2. The van der Waals surface area contributed by atoms with Gasteiger partial charge in [-0.1, -0.05) is 47.0 Å². The van der Waals surface area contributed by atoms with Gasteiger partial charge in [-0.25, -0.2) is 0 Å². The molecular weight excluding hydrogens is 624 g/mol. The normalized spacial score (nSPS) is 9.81. The van der Waals surface area contributed by atoms with E-state index in [2.05, 4.69) is 120 Å². The summed E-state index contributed by atoms with van der Waals surface area (Å²) in [6.45, 7) is 0. The molecule has 0 aliphatic rings. The van der Waals surface area contributed by atoms with Crippen LogP contribution in [0.15, 0.2) is 120 Å². The minimum Gasteiger partial charge on any atom is -1.00 e. The van der Waals surface area contributed by atoms with Gasteiger partial charge in [0.25, 0.3) is 0 Å². The predicted octanol–water partition coefficient (Wildman–Crippen LogP) is 3.07. The van der Waals surface area contributed by atoms with E-state index in [-0.39, 0.29) is 65.7 Å². The zero-order valence-electron chi connectivity index (χ0n) is 16.7. The van der Waals surface area contributed by atoms with E-state index in [1.165, 1.54) is 32.2 Å². The number of halogens is 2. The van der Waals surface area contributed by atoms with E-state index in [0.717, 1.165) is 0 Å². The molecular formula is C26H20Cl2HfP2. The maximum atomic E-state index is 2.31. The molecule has 31 heavy (non-hydrogen) atoms. The van der Waals surface area contributed by atoms with Crippen molar-refractivity contribution in [1.82, 2.24) is 0 Å². The summed E-state index contributed by atoms with van der Waals surface area (Å²) >= 11 is 0. The maximum absolute atomic E-state index is 2.31. The average Bonchev–Trinajstić information content (AvgIpc) is 3.54. The molecule has 2 aromatic heterocycles. The summed E-state index contributed by atoms with van der Waals surface area (Å²) in [5.41, 5.74) is 0. The maximum Gasteiger partial charge on any atom is 4.00 e. The third-order valence-electron chi connectivity index (χ3n) is 5.01. The van der Waals surface area contributed by atoms with E-state index in [1.807, 2.05) is 0 Å². The Morgan fingerprint density at radius 2 is 0.839 bits per heavy atom. The van der Waals surface area contributed by atoms with E-state index >= 15 is 0 Å². The Balaban J connectivity index is 0.000000201. The van der Waals surface area contributed by atoms with Gasteiger partial charge in [0, 0.05) is 0 Å². The summed E-state index contributed by atoms with van der Waals surface area (Å²) in [5.74, 6) is 9.18. The van der Waals surface area contributed by atoms with Gasteiger partial charge in [0.15, 0.2) is 0 Å². The Morgan fingerprint density at radius 1 is 0.484 bits per heavy atom. The minimum atomic E-state index is -0.148. The molecule has 6 aromatic rings. The largest absolute Gasteiger partial charge is 4.00 e. The number of fused-ring (bicyclic) bond motifs is 2. The Labute approximate surface area is 216 Å². The molecule has 0 spiro atoms. The third kappa shape index (κ3) is 5.92. The fourth-order valence-electron chi connectivity index (χ4n) is 3.58. The SMILES string of the molecule is [Cl-].[Cl-].[Hf+4].c1ccc2[cH-]c(-p3cccc3)cc2c1.c1ccc2[cH-]c(-p3cccc3)cc2c1. The molecule has 6 rings (SSSR count). The van der Waals surface area contributed by atoms with Crippen LogP contribution in [0, 0.1) is 0 Å². The Hall–Kier alpha value is -1.33. The molecule has 0 atom stereocenters. The molecule has 0 aliphatic carbocycles. The van der Waals surface area contributed by atoms with Crippen molar-refractivity contribution in [3.8, 4) is 10.6 Å². The van der Waals surface area contributed by atoms with E-state index in [4.69, 9.17) is 0 Å². The first kappa shape index (κ1) is 25.9. The molecule has 5 heteroatoms. The van der Waals surface area contributed by atoms with Crippen molar-refractivity contribution in [2.45, 2.75) is 0 Å². The van der Waals surface area contributed by atoms with Crippen LogP contribution in [0.5, 0.6) is 0 Å². The third-order valence-corrected chi connectivity index (χ3v) is 8.69. The summed E-state index contributed by atoms with van der Waals surface area (Å²) < 4.78 is 0. The molecule has 0 bridgehead atoms. The monoisotopic (exact) mass is 644 g/mol. The summed E-state index contributed by atoms with van der Waals surface area (Å²) in [5, 5.41) is 8.37. The van der Waals surface area contributed by atoms with Gasteiger partial charge < -0.3 is 24.8 Å². The van der Waals surface area contributed by atoms with Gasteiger partial charge in [-0.2, -0.15) is 12.1 Å². The van der Waals surface area contributed by atoms with Gasteiger partial charge >= 0.3 is 25.8 Å². The van der Waals surface area contributed by atoms with Crippen LogP contribution in [0.4, 0.5) is 0 Å². The number of benzene rings is 2. The van der Waals surface area contributed by atoms with Gasteiger partial charge in [0.1, 0.15) is 0 Å². The van der Waals surface area contributed by atoms with Crippen molar-refractivity contribution in [2.75, 3.05) is 0 Å². The molecule has 0 amide bonds. The first-order valence-corrected chi connectivity index (χ1v) is 12.4. The molecule has 152 valence electrons. The summed E-state index contributed by atoms with van der Waals surface area (Å²) in [7, 11) is -0.296. The Kier molecular flexibility index (Phi) is 10.1. The molecule has 4 aromatic carbocycles. The van der Waals surface area contributed by atoms with Crippen molar-refractivity contribution in [3.63, 3.8) is 0 Å². The zero-order chi connectivity index (χ0) is 18.8. The smallest absolute Gasteiger partial charge is 1.00 e. The quantitative estimate of drug-likeness (QED) is 0.201. The number of rotatable bonds is 2. The van der Waals surface area contributed by atoms with Crippen molar-refractivity contribution in [1.29, 1.82) is 0 Å². The molecule has 2 heterocycles. The minimum absolute atomic E-state index is 0. The molecule has 0 fully saturated rings. The summed E-state index contributed by atoms with van der Waals surface area (Å²) in [4.78, 5) is 0. The van der Waals surface area contributed by atoms with Crippen molar-refractivity contribution in [2.24, 2.45) is 0 Å². The van der Waals surface area contributed by atoms with E-state index in [0.29, 0.717) is 0 Å². The van der Waals surface area contributed by atoms with E-state index < -0.39 is 0 Å². The van der Waals surface area contributed by atoms with Gasteiger partial charge in [-0.05, 0) is 23.2 Å². The molecule has 0 nitrogen and oxygen atoms in total. The van der Waals surface area contributed by atoms with E-state index in [9.17, 15) is 0 Å². The molecule has 0 unspecified atom stereocenters. The summed E-state index contributed by atoms with van der Waals surface area (Å²) in [6.07, 6.45) is 0. The van der Waals surface area contributed by atoms with Crippen LogP contribution in [0.3, 0.4) is 0 Å². The van der Waals surface area contributed by atoms with Gasteiger partial charge in [0.2, 0.25) is 0 Å². The Bertz CT molecular complexity index is 1140. The zero-order valence-corrected chi connectivity index (χ0v) is 23.6. The second kappa shape index (κ2) is 12.1. The van der Waals surface area contributed by atoms with Crippen LogP contribution >= 0.6 is 15.1 Å². The summed E-state index contributed by atoms with van der Waals surface area (Å²) in [6, 6.07) is 34.9. The van der Waals surface area contributed by atoms with E-state index in [1.54, 1.807) is 0 Å². The van der Waals surface area contributed by atoms with Crippen molar-refractivity contribution in [3.05, 3.63) is 120 Å². The fourth-order valence-corrected chi connectivity index (χ4v) is 6.76. The average molecular weight is 644 g/mol. The fraction of sp³-hybridized carbons (Fsp3) is 0. The number of hydrogen-bond acceptors (Lipinski definition) is 0. The van der Waals surface area contributed by atoms with Gasteiger partial charge in [0.05, 0.1) is 0 Å². The van der Waals surface area contributed by atoms with Crippen molar-refractivity contribution >= 4 is 36.6 Å².